The molecule has 1 aromatic carbocycles. The molecule has 0 radical (unpaired) electrons. The summed E-state index contributed by atoms with van der Waals surface area (Å²) in [4.78, 5) is 32.6. The van der Waals surface area contributed by atoms with Crippen molar-refractivity contribution < 1.29 is 14.3 Å². The first-order valence-electron chi connectivity index (χ1n) is 10.5. The molecule has 4 rings (SSSR count). The number of benzene rings is 1. The van der Waals surface area contributed by atoms with Gasteiger partial charge in [-0.05, 0) is 53.9 Å². The molecule has 1 aliphatic heterocycles. The van der Waals surface area contributed by atoms with Crippen molar-refractivity contribution in [3.8, 4) is 5.75 Å². The van der Waals surface area contributed by atoms with Gasteiger partial charge in [-0.25, -0.2) is 0 Å². The SMILES string of the molecule is COc1ccc(Cl)cc1C(=O)N1CCC(C(=O)N(Cc2cccs2)Cc2cccs2)CC1. The largest absolute Gasteiger partial charge is 0.496 e. The van der Waals surface area contributed by atoms with E-state index in [4.69, 9.17) is 16.3 Å². The zero-order chi connectivity index (χ0) is 22.5. The smallest absolute Gasteiger partial charge is 0.257 e. The van der Waals surface area contributed by atoms with E-state index >= 15 is 0 Å². The number of carbonyl (C=O) groups excluding carboxylic acids is 2. The van der Waals surface area contributed by atoms with Crippen LogP contribution in [0.2, 0.25) is 5.02 Å². The van der Waals surface area contributed by atoms with E-state index in [2.05, 4.69) is 12.1 Å². The van der Waals surface area contributed by atoms with Crippen LogP contribution in [0.5, 0.6) is 5.75 Å². The van der Waals surface area contributed by atoms with Crippen LogP contribution < -0.4 is 4.74 Å². The minimum absolute atomic E-state index is 0.0831. The van der Waals surface area contributed by atoms with Crippen molar-refractivity contribution in [2.75, 3.05) is 20.2 Å². The van der Waals surface area contributed by atoms with Gasteiger partial charge in [0.2, 0.25) is 5.91 Å². The standard InChI is InChI=1S/C24H25ClN2O3S2/c1-30-22-7-6-18(25)14-21(22)24(29)26-10-8-17(9-11-26)23(28)27(15-19-4-2-12-31-19)16-20-5-3-13-32-20/h2-7,12-14,17H,8-11,15-16H2,1H3. The van der Waals surface area contributed by atoms with Crippen LogP contribution in [-0.4, -0.2) is 41.8 Å². The number of rotatable bonds is 7. The van der Waals surface area contributed by atoms with Crippen LogP contribution in [0.4, 0.5) is 0 Å². The molecule has 8 heteroatoms. The van der Waals surface area contributed by atoms with Crippen LogP contribution in [0, 0.1) is 5.92 Å². The van der Waals surface area contributed by atoms with E-state index in [1.807, 2.05) is 27.8 Å². The fraction of sp³-hybridized carbons (Fsp3) is 0.333. The molecule has 0 bridgehead atoms. The molecule has 2 aromatic heterocycles. The molecule has 0 N–H and O–H groups in total. The highest BCUT2D eigenvalue weighted by atomic mass is 35.5. The number of hydrogen-bond donors (Lipinski definition) is 0. The molecule has 5 nitrogen and oxygen atoms in total. The maximum absolute atomic E-state index is 13.4. The molecule has 1 aliphatic rings. The van der Waals surface area contributed by atoms with E-state index < -0.39 is 0 Å². The third kappa shape index (κ3) is 5.34. The second-order valence-corrected chi connectivity index (χ2v) is 10.3. The van der Waals surface area contributed by atoms with Gasteiger partial charge in [-0.3, -0.25) is 9.59 Å². The number of piperidine rings is 1. The van der Waals surface area contributed by atoms with Crippen molar-refractivity contribution >= 4 is 46.1 Å². The summed E-state index contributed by atoms with van der Waals surface area (Å²) in [5.41, 5.74) is 0.460. The van der Waals surface area contributed by atoms with Crippen LogP contribution in [0.3, 0.4) is 0 Å². The van der Waals surface area contributed by atoms with Crippen LogP contribution in [0.15, 0.2) is 53.2 Å². The molecule has 0 saturated carbocycles. The predicted molar refractivity (Wildman–Crippen MR) is 130 cm³/mol. The molecule has 0 atom stereocenters. The third-order valence-electron chi connectivity index (χ3n) is 5.69. The fourth-order valence-corrected chi connectivity index (χ4v) is 5.61. The van der Waals surface area contributed by atoms with Crippen molar-refractivity contribution in [1.29, 1.82) is 0 Å². The van der Waals surface area contributed by atoms with Gasteiger partial charge >= 0.3 is 0 Å². The summed E-state index contributed by atoms with van der Waals surface area (Å²) in [5.74, 6) is 0.486. The maximum Gasteiger partial charge on any atom is 0.257 e. The minimum atomic E-state index is -0.107. The number of methoxy groups -OCH3 is 1. The van der Waals surface area contributed by atoms with E-state index in [1.54, 1.807) is 52.9 Å². The van der Waals surface area contributed by atoms with Gasteiger partial charge in [0, 0.05) is 33.8 Å². The van der Waals surface area contributed by atoms with Crippen molar-refractivity contribution in [1.82, 2.24) is 9.80 Å². The van der Waals surface area contributed by atoms with E-state index in [-0.39, 0.29) is 17.7 Å². The molecule has 32 heavy (non-hydrogen) atoms. The summed E-state index contributed by atoms with van der Waals surface area (Å²) in [6.45, 7) is 2.31. The number of likely N-dealkylation sites (tertiary alicyclic amines) is 1. The third-order valence-corrected chi connectivity index (χ3v) is 7.65. The summed E-state index contributed by atoms with van der Waals surface area (Å²) in [7, 11) is 1.54. The average Bonchev–Trinajstić information content (AvgIpc) is 3.52. The number of nitrogens with zero attached hydrogens (tertiary/aromatic N) is 2. The van der Waals surface area contributed by atoms with E-state index in [0.29, 0.717) is 55.4 Å². The Morgan fingerprint density at radius 2 is 1.69 bits per heavy atom. The van der Waals surface area contributed by atoms with E-state index in [1.165, 1.54) is 9.75 Å². The van der Waals surface area contributed by atoms with Gasteiger partial charge in [0.05, 0.1) is 25.8 Å². The molecule has 2 amide bonds. The van der Waals surface area contributed by atoms with E-state index in [0.717, 1.165) is 0 Å². The lowest BCUT2D eigenvalue weighted by molar-refractivity contribution is -0.138. The van der Waals surface area contributed by atoms with Gasteiger partial charge in [-0.2, -0.15) is 0 Å². The number of carbonyl (C=O) groups is 2. The molecular weight excluding hydrogens is 464 g/mol. The molecule has 3 heterocycles. The highest BCUT2D eigenvalue weighted by Crippen LogP contribution is 2.28. The van der Waals surface area contributed by atoms with Crippen molar-refractivity contribution in [2.24, 2.45) is 5.92 Å². The van der Waals surface area contributed by atoms with Gasteiger partial charge in [-0.15, -0.1) is 22.7 Å². The Morgan fingerprint density at radius 1 is 1.06 bits per heavy atom. The summed E-state index contributed by atoms with van der Waals surface area (Å²) >= 11 is 9.43. The second-order valence-electron chi connectivity index (χ2n) is 7.76. The Hall–Kier alpha value is -2.35. The lowest BCUT2D eigenvalue weighted by Crippen LogP contribution is -2.44. The highest BCUT2D eigenvalue weighted by Gasteiger charge is 2.31. The molecule has 1 saturated heterocycles. The first-order valence-corrected chi connectivity index (χ1v) is 12.6. The Bertz CT molecular complexity index is 1010. The quantitative estimate of drug-likeness (QED) is 0.438. The molecule has 0 spiro atoms. The molecule has 3 aromatic rings. The second kappa shape index (κ2) is 10.5. The van der Waals surface area contributed by atoms with Crippen molar-refractivity contribution in [2.45, 2.75) is 25.9 Å². The number of hydrogen-bond acceptors (Lipinski definition) is 5. The zero-order valence-electron chi connectivity index (χ0n) is 17.8. The first-order chi connectivity index (χ1) is 15.5. The van der Waals surface area contributed by atoms with Gasteiger partial charge in [-0.1, -0.05) is 23.7 Å². The summed E-state index contributed by atoms with van der Waals surface area (Å²) < 4.78 is 5.34. The normalized spacial score (nSPS) is 14.4. The molecule has 0 unspecified atom stereocenters. The predicted octanol–water partition coefficient (Wildman–Crippen LogP) is 5.55. The van der Waals surface area contributed by atoms with Crippen LogP contribution in [0.25, 0.3) is 0 Å². The molecule has 0 aliphatic carbocycles. The van der Waals surface area contributed by atoms with Crippen LogP contribution >= 0.6 is 34.3 Å². The average molecular weight is 489 g/mol. The van der Waals surface area contributed by atoms with Gasteiger partial charge < -0.3 is 14.5 Å². The number of ether oxygens (including phenoxy) is 1. The number of amides is 2. The highest BCUT2D eigenvalue weighted by molar-refractivity contribution is 7.10. The molecular formula is C24H25ClN2O3S2. The minimum Gasteiger partial charge on any atom is -0.496 e. The lowest BCUT2D eigenvalue weighted by Gasteiger charge is -2.34. The summed E-state index contributed by atoms with van der Waals surface area (Å²) in [6.07, 6.45) is 1.30. The number of thiophene rings is 2. The topological polar surface area (TPSA) is 49.9 Å². The Kier molecular flexibility index (Phi) is 7.50. The first kappa shape index (κ1) is 22.8. The lowest BCUT2D eigenvalue weighted by atomic mass is 9.94. The number of halogens is 1. The monoisotopic (exact) mass is 488 g/mol. The van der Waals surface area contributed by atoms with Crippen molar-refractivity contribution in [3.63, 3.8) is 0 Å². The molecule has 168 valence electrons. The molecule has 1 fully saturated rings. The Labute approximate surface area is 201 Å². The Morgan fingerprint density at radius 3 is 2.22 bits per heavy atom. The van der Waals surface area contributed by atoms with Gasteiger partial charge in [0.25, 0.3) is 5.91 Å². The van der Waals surface area contributed by atoms with Gasteiger partial charge in [0.1, 0.15) is 5.75 Å². The van der Waals surface area contributed by atoms with E-state index in [9.17, 15) is 9.59 Å². The zero-order valence-corrected chi connectivity index (χ0v) is 20.2. The van der Waals surface area contributed by atoms with Crippen LogP contribution in [0.1, 0.15) is 33.0 Å². The summed E-state index contributed by atoms with van der Waals surface area (Å²) in [5, 5.41) is 4.58. The Balaban J connectivity index is 1.42. The maximum atomic E-state index is 13.4. The van der Waals surface area contributed by atoms with Gasteiger partial charge in [0.15, 0.2) is 0 Å². The summed E-state index contributed by atoms with van der Waals surface area (Å²) in [6, 6.07) is 13.2. The van der Waals surface area contributed by atoms with Crippen molar-refractivity contribution in [3.05, 3.63) is 73.6 Å². The fourth-order valence-electron chi connectivity index (χ4n) is 4.00. The van der Waals surface area contributed by atoms with Crippen LogP contribution in [-0.2, 0) is 17.9 Å².